The molecule has 50 heavy (non-hydrogen) atoms. The standard InChI is InChI=1S/C37H47N5O8/c1-37(2,3)32(40-35(45)47-4)33(44)41-42(21-25-13-15-26(16-14-25)28-12-8-9-18-38-28)22-30(43)29(20-24-10-6-5-7-11-24)39-36(46)50-31-23-49-34-27(31)17-19-48-34/h5-16,18,27,29-32,34,43H,17,19-23H2,1-4H3,(H,39,46)(H,40,45)(H,41,44)/t27-,29-,30-,31-,32+,34+/m0/s1. The molecule has 0 aliphatic carbocycles. The molecule has 2 aliphatic rings. The summed E-state index contributed by atoms with van der Waals surface area (Å²) in [6.45, 7) is 6.38. The second kappa shape index (κ2) is 16.9. The van der Waals surface area contributed by atoms with Crippen molar-refractivity contribution in [2.24, 2.45) is 11.3 Å². The van der Waals surface area contributed by atoms with Crippen LogP contribution in [0.25, 0.3) is 11.3 Å². The predicted molar refractivity (Wildman–Crippen MR) is 184 cm³/mol. The molecule has 2 aliphatic heterocycles. The van der Waals surface area contributed by atoms with Crippen LogP contribution in [0.5, 0.6) is 0 Å². The highest BCUT2D eigenvalue weighted by Crippen LogP contribution is 2.33. The molecule has 0 spiro atoms. The van der Waals surface area contributed by atoms with Crippen LogP contribution in [0.4, 0.5) is 9.59 Å². The van der Waals surface area contributed by atoms with Gasteiger partial charge >= 0.3 is 12.2 Å². The Morgan fingerprint density at radius 1 is 0.960 bits per heavy atom. The van der Waals surface area contributed by atoms with Crippen LogP contribution in [0.3, 0.4) is 0 Å². The number of hydrogen-bond acceptors (Lipinski definition) is 10. The van der Waals surface area contributed by atoms with Crippen LogP contribution >= 0.6 is 0 Å². The van der Waals surface area contributed by atoms with Crippen molar-refractivity contribution in [2.45, 2.75) is 70.7 Å². The smallest absolute Gasteiger partial charge is 0.407 e. The molecule has 2 fully saturated rings. The average molecular weight is 690 g/mol. The van der Waals surface area contributed by atoms with Crippen LogP contribution in [-0.4, -0.2) is 90.6 Å². The third-order valence-corrected chi connectivity index (χ3v) is 8.85. The summed E-state index contributed by atoms with van der Waals surface area (Å²) < 4.78 is 21.7. The highest BCUT2D eigenvalue weighted by atomic mass is 16.7. The van der Waals surface area contributed by atoms with Crippen molar-refractivity contribution in [3.8, 4) is 11.3 Å². The van der Waals surface area contributed by atoms with E-state index < -0.39 is 47.8 Å². The fourth-order valence-corrected chi connectivity index (χ4v) is 6.13. The number of hydrogen-bond donors (Lipinski definition) is 4. The lowest BCUT2D eigenvalue weighted by molar-refractivity contribution is -0.131. The molecule has 5 rings (SSSR count). The Bertz CT molecular complexity index is 1550. The molecule has 13 heteroatoms. The first-order valence-electron chi connectivity index (χ1n) is 16.8. The minimum atomic E-state index is -1.17. The van der Waals surface area contributed by atoms with Gasteiger partial charge in [-0.2, -0.15) is 0 Å². The molecule has 3 heterocycles. The number of carbonyl (C=O) groups excluding carboxylic acids is 3. The first-order chi connectivity index (χ1) is 24.0. The molecule has 13 nitrogen and oxygen atoms in total. The van der Waals surface area contributed by atoms with Crippen molar-refractivity contribution in [3.63, 3.8) is 0 Å². The van der Waals surface area contributed by atoms with Crippen molar-refractivity contribution in [1.29, 1.82) is 0 Å². The quantitative estimate of drug-likeness (QED) is 0.194. The molecule has 0 bridgehead atoms. The molecule has 3 amide bonds. The zero-order valence-corrected chi connectivity index (χ0v) is 28.9. The van der Waals surface area contributed by atoms with E-state index in [4.69, 9.17) is 18.9 Å². The summed E-state index contributed by atoms with van der Waals surface area (Å²) in [6, 6.07) is 21.1. The largest absolute Gasteiger partial charge is 0.453 e. The normalized spacial score (nSPS) is 20.3. The van der Waals surface area contributed by atoms with Gasteiger partial charge in [0.2, 0.25) is 0 Å². The van der Waals surface area contributed by atoms with Crippen molar-refractivity contribution in [1.82, 2.24) is 26.1 Å². The number of alkyl carbamates (subject to hydrolysis) is 2. The minimum Gasteiger partial charge on any atom is -0.453 e. The third kappa shape index (κ3) is 10.0. The number of benzene rings is 2. The van der Waals surface area contributed by atoms with Gasteiger partial charge in [-0.15, -0.1) is 0 Å². The SMILES string of the molecule is COC(=O)N[C@H](C(=O)NN(Cc1ccc(-c2ccccn2)cc1)C[C@H](O)[C@H](Cc1ccccc1)NC(=O)O[C@H]1CO[C@H]2OCC[C@H]21)C(C)(C)C. The number of aliphatic hydroxyl groups excluding tert-OH is 1. The highest BCUT2D eigenvalue weighted by molar-refractivity contribution is 5.86. The molecular weight excluding hydrogens is 642 g/mol. The van der Waals surface area contributed by atoms with Gasteiger partial charge in [0.15, 0.2) is 6.29 Å². The summed E-state index contributed by atoms with van der Waals surface area (Å²) in [7, 11) is 1.23. The van der Waals surface area contributed by atoms with Gasteiger partial charge in [-0.3, -0.25) is 15.2 Å². The third-order valence-electron chi connectivity index (χ3n) is 8.85. The summed E-state index contributed by atoms with van der Waals surface area (Å²) in [5, 5.41) is 18.8. The van der Waals surface area contributed by atoms with Crippen LogP contribution in [0.2, 0.25) is 0 Å². The number of fused-ring (bicyclic) bond motifs is 1. The fraction of sp³-hybridized carbons (Fsp3) is 0.459. The van der Waals surface area contributed by atoms with E-state index in [1.54, 1.807) is 11.2 Å². The number of rotatable bonds is 13. The second-order valence-electron chi connectivity index (χ2n) is 13.7. The van der Waals surface area contributed by atoms with Crippen LogP contribution in [0.1, 0.15) is 38.3 Å². The highest BCUT2D eigenvalue weighted by Gasteiger charge is 2.44. The lowest BCUT2D eigenvalue weighted by Crippen LogP contribution is -2.59. The van der Waals surface area contributed by atoms with Crippen molar-refractivity contribution in [3.05, 3.63) is 90.1 Å². The zero-order valence-electron chi connectivity index (χ0n) is 28.9. The van der Waals surface area contributed by atoms with Crippen molar-refractivity contribution >= 4 is 18.1 Å². The van der Waals surface area contributed by atoms with E-state index in [0.717, 1.165) is 28.8 Å². The van der Waals surface area contributed by atoms with Crippen molar-refractivity contribution in [2.75, 3.05) is 26.9 Å². The number of carbonyl (C=O) groups is 3. The maximum atomic E-state index is 13.8. The summed E-state index contributed by atoms with van der Waals surface area (Å²) in [5.74, 6) is -0.538. The lowest BCUT2D eigenvalue weighted by atomic mass is 9.86. The number of methoxy groups -OCH3 is 1. The number of ether oxygens (including phenoxy) is 4. The molecule has 6 atom stereocenters. The Morgan fingerprint density at radius 2 is 1.70 bits per heavy atom. The number of pyridine rings is 1. The zero-order chi connectivity index (χ0) is 35.7. The summed E-state index contributed by atoms with van der Waals surface area (Å²) in [5.41, 5.74) is 5.71. The topological polar surface area (TPSA) is 161 Å². The molecule has 0 radical (unpaired) electrons. The van der Waals surface area contributed by atoms with Gasteiger partial charge in [-0.05, 0) is 41.5 Å². The molecular formula is C37H47N5O8. The molecule has 3 aromatic rings. The number of aromatic nitrogens is 1. The van der Waals surface area contributed by atoms with E-state index in [-0.39, 0.29) is 31.9 Å². The molecule has 0 unspecified atom stereocenters. The second-order valence-corrected chi connectivity index (χ2v) is 13.7. The monoisotopic (exact) mass is 689 g/mol. The average Bonchev–Trinajstić information content (AvgIpc) is 3.72. The summed E-state index contributed by atoms with van der Waals surface area (Å²) in [6.07, 6.45) is -0.670. The minimum absolute atomic E-state index is 0.0395. The van der Waals surface area contributed by atoms with E-state index >= 15 is 0 Å². The van der Waals surface area contributed by atoms with Crippen LogP contribution in [0, 0.1) is 11.3 Å². The summed E-state index contributed by atoms with van der Waals surface area (Å²) in [4.78, 5) is 43.6. The Labute approximate surface area is 292 Å². The van der Waals surface area contributed by atoms with E-state index in [1.807, 2.05) is 93.6 Å². The van der Waals surface area contributed by atoms with Crippen molar-refractivity contribution < 1.29 is 38.4 Å². The first kappa shape index (κ1) is 36.7. The molecule has 2 aromatic carbocycles. The van der Waals surface area contributed by atoms with E-state index in [2.05, 4.69) is 21.0 Å². The maximum Gasteiger partial charge on any atom is 0.407 e. The van der Waals surface area contributed by atoms with Gasteiger partial charge in [-0.1, -0.05) is 81.4 Å². The Kier molecular flexibility index (Phi) is 12.4. The van der Waals surface area contributed by atoms with Crippen LogP contribution < -0.4 is 16.1 Å². The van der Waals surface area contributed by atoms with Gasteiger partial charge in [0.05, 0.1) is 44.1 Å². The fourth-order valence-electron chi connectivity index (χ4n) is 6.13. The molecule has 0 saturated carbocycles. The summed E-state index contributed by atoms with van der Waals surface area (Å²) >= 11 is 0. The number of amides is 3. The Morgan fingerprint density at radius 3 is 2.38 bits per heavy atom. The number of aliphatic hydroxyl groups is 1. The molecule has 268 valence electrons. The molecule has 1 aromatic heterocycles. The molecule has 2 saturated heterocycles. The Hall–Kier alpha value is -4.56. The Balaban J connectivity index is 1.35. The van der Waals surface area contributed by atoms with E-state index in [9.17, 15) is 19.5 Å². The number of hydrazine groups is 1. The van der Waals surface area contributed by atoms with Crippen LogP contribution in [-0.2, 0) is 36.7 Å². The predicted octanol–water partition coefficient (Wildman–Crippen LogP) is 3.81. The van der Waals surface area contributed by atoms with Crippen LogP contribution in [0.15, 0.2) is 79.0 Å². The van der Waals surface area contributed by atoms with Gasteiger partial charge in [0, 0.05) is 24.8 Å². The van der Waals surface area contributed by atoms with E-state index in [1.165, 1.54) is 7.11 Å². The number of nitrogens with zero attached hydrogens (tertiary/aromatic N) is 2. The van der Waals surface area contributed by atoms with Gasteiger partial charge in [-0.25, -0.2) is 14.6 Å². The lowest BCUT2D eigenvalue weighted by Gasteiger charge is -2.34. The van der Waals surface area contributed by atoms with Gasteiger partial charge in [0.1, 0.15) is 12.1 Å². The van der Waals surface area contributed by atoms with Gasteiger partial charge in [0.25, 0.3) is 5.91 Å². The maximum absolute atomic E-state index is 13.8. The van der Waals surface area contributed by atoms with Gasteiger partial charge < -0.3 is 34.7 Å². The number of nitrogens with one attached hydrogen (secondary N) is 3. The first-order valence-corrected chi connectivity index (χ1v) is 16.8. The van der Waals surface area contributed by atoms with E-state index in [0.29, 0.717) is 13.0 Å². The molecule has 4 N–H and O–H groups in total.